The lowest BCUT2D eigenvalue weighted by atomic mass is 10.4. The van der Waals surface area contributed by atoms with E-state index in [0.717, 1.165) is 17.7 Å². The first kappa shape index (κ1) is 13.2. The zero-order chi connectivity index (χ0) is 13.9. The van der Waals surface area contributed by atoms with Gasteiger partial charge >= 0.3 is 0 Å². The molecule has 1 saturated carbocycles. The van der Waals surface area contributed by atoms with Crippen LogP contribution >= 0.6 is 11.3 Å². The van der Waals surface area contributed by atoms with Crippen LogP contribution in [0.3, 0.4) is 0 Å². The summed E-state index contributed by atoms with van der Waals surface area (Å²) in [6, 6.07) is 4.10. The molecule has 2 aromatic rings. The van der Waals surface area contributed by atoms with E-state index < -0.39 is 0 Å². The molecule has 0 spiro atoms. The lowest BCUT2D eigenvalue weighted by Crippen LogP contribution is -2.38. The molecule has 1 N–H and O–H groups in total. The van der Waals surface area contributed by atoms with Crippen LogP contribution in [-0.4, -0.2) is 55.3 Å². The van der Waals surface area contributed by atoms with Gasteiger partial charge in [0.05, 0.1) is 11.5 Å². The van der Waals surface area contributed by atoms with Gasteiger partial charge in [0.2, 0.25) is 11.7 Å². The van der Waals surface area contributed by atoms with Crippen LogP contribution < -0.4 is 0 Å². The van der Waals surface area contributed by atoms with Crippen LogP contribution in [0.25, 0.3) is 10.7 Å². The molecule has 3 rings (SSSR count). The summed E-state index contributed by atoms with van der Waals surface area (Å²) in [5.74, 6) is 0.463. The Morgan fingerprint density at radius 3 is 3.05 bits per heavy atom. The zero-order valence-corrected chi connectivity index (χ0v) is 11.7. The summed E-state index contributed by atoms with van der Waals surface area (Å²) >= 11 is 1.53. The van der Waals surface area contributed by atoms with Crippen molar-refractivity contribution in [1.29, 1.82) is 0 Å². The van der Waals surface area contributed by atoms with Crippen LogP contribution in [0.5, 0.6) is 0 Å². The summed E-state index contributed by atoms with van der Waals surface area (Å²) in [5, 5.41) is 23.0. The number of carbonyl (C=O) groups excluding carboxylic acids is 1. The van der Waals surface area contributed by atoms with Crippen LogP contribution in [0.15, 0.2) is 17.5 Å². The molecule has 0 atom stereocenters. The average molecular weight is 293 g/mol. The summed E-state index contributed by atoms with van der Waals surface area (Å²) in [5.41, 5.74) is 0. The van der Waals surface area contributed by atoms with Gasteiger partial charge in [-0.2, -0.15) is 4.80 Å². The van der Waals surface area contributed by atoms with Gasteiger partial charge in [0.15, 0.2) is 0 Å². The van der Waals surface area contributed by atoms with Gasteiger partial charge in [0.1, 0.15) is 6.54 Å². The summed E-state index contributed by atoms with van der Waals surface area (Å²) in [6.07, 6.45) is 2.02. The minimum Gasteiger partial charge on any atom is -0.395 e. The van der Waals surface area contributed by atoms with Crippen LogP contribution in [0.2, 0.25) is 0 Å². The molecule has 2 aromatic heterocycles. The van der Waals surface area contributed by atoms with Crippen molar-refractivity contribution in [3.05, 3.63) is 17.5 Å². The van der Waals surface area contributed by atoms with E-state index >= 15 is 0 Å². The van der Waals surface area contributed by atoms with Crippen molar-refractivity contribution in [1.82, 2.24) is 25.1 Å². The maximum atomic E-state index is 12.2. The number of hydrogen-bond donors (Lipinski definition) is 1. The van der Waals surface area contributed by atoms with E-state index in [2.05, 4.69) is 15.4 Å². The van der Waals surface area contributed by atoms with E-state index in [4.69, 9.17) is 5.11 Å². The van der Waals surface area contributed by atoms with Gasteiger partial charge in [-0.05, 0) is 29.5 Å². The number of thiophene rings is 1. The van der Waals surface area contributed by atoms with Gasteiger partial charge < -0.3 is 10.0 Å². The van der Waals surface area contributed by atoms with Crippen LogP contribution in [0.4, 0.5) is 0 Å². The van der Waals surface area contributed by atoms with Crippen molar-refractivity contribution in [2.24, 2.45) is 0 Å². The molecule has 1 amide bonds. The monoisotopic (exact) mass is 293 g/mol. The van der Waals surface area contributed by atoms with Crippen LogP contribution in [0.1, 0.15) is 12.8 Å². The maximum Gasteiger partial charge on any atom is 0.246 e. The average Bonchev–Trinajstić information content (AvgIpc) is 2.93. The number of aliphatic hydroxyl groups is 1. The normalized spacial score (nSPS) is 14.4. The number of hydrogen-bond acceptors (Lipinski definition) is 6. The van der Waals surface area contributed by atoms with E-state index in [1.54, 1.807) is 4.90 Å². The van der Waals surface area contributed by atoms with Crippen LogP contribution in [0, 0.1) is 0 Å². The molecule has 0 radical (unpaired) electrons. The fourth-order valence-corrected chi connectivity index (χ4v) is 2.68. The Morgan fingerprint density at radius 2 is 2.40 bits per heavy atom. The first-order chi connectivity index (χ1) is 9.78. The van der Waals surface area contributed by atoms with Gasteiger partial charge in [0.25, 0.3) is 0 Å². The largest absolute Gasteiger partial charge is 0.395 e. The fraction of sp³-hybridized carbons (Fsp3) is 0.500. The summed E-state index contributed by atoms with van der Waals surface area (Å²) in [7, 11) is 0. The Hall–Kier alpha value is -1.80. The third-order valence-electron chi connectivity index (χ3n) is 3.12. The predicted molar refractivity (Wildman–Crippen MR) is 73.0 cm³/mol. The molecule has 7 nitrogen and oxygen atoms in total. The summed E-state index contributed by atoms with van der Waals surface area (Å²) in [6.45, 7) is 0.415. The van der Waals surface area contributed by atoms with Crippen molar-refractivity contribution < 1.29 is 9.90 Å². The number of aromatic nitrogens is 4. The smallest absolute Gasteiger partial charge is 0.246 e. The Bertz CT molecular complexity index is 578. The highest BCUT2D eigenvalue weighted by molar-refractivity contribution is 7.13. The predicted octanol–water partition coefficient (Wildman–Crippen LogP) is 0.385. The molecule has 20 heavy (non-hydrogen) atoms. The molecule has 1 aliphatic carbocycles. The Kier molecular flexibility index (Phi) is 3.75. The van der Waals surface area contributed by atoms with E-state index in [0.29, 0.717) is 12.4 Å². The van der Waals surface area contributed by atoms with Crippen molar-refractivity contribution in [2.75, 3.05) is 13.2 Å². The quantitative estimate of drug-likeness (QED) is 0.832. The number of nitrogens with zero attached hydrogens (tertiary/aromatic N) is 5. The zero-order valence-electron chi connectivity index (χ0n) is 10.8. The highest BCUT2D eigenvalue weighted by atomic mass is 32.1. The van der Waals surface area contributed by atoms with Crippen LogP contribution in [-0.2, 0) is 11.3 Å². The second kappa shape index (κ2) is 5.68. The SMILES string of the molecule is O=C(Cn1nnc(-c2cccs2)n1)N(CCO)C1CC1. The molecule has 8 heteroatoms. The summed E-state index contributed by atoms with van der Waals surface area (Å²) in [4.78, 5) is 16.1. The van der Waals surface area contributed by atoms with E-state index in [1.807, 2.05) is 17.5 Å². The van der Waals surface area contributed by atoms with Gasteiger partial charge in [0, 0.05) is 12.6 Å². The minimum absolute atomic E-state index is 0.0204. The number of aliphatic hydroxyl groups excluding tert-OH is 1. The Balaban J connectivity index is 1.66. The van der Waals surface area contributed by atoms with E-state index in [9.17, 15) is 4.79 Å². The standard InChI is InChI=1S/C12H15N5O2S/c18-6-5-16(9-3-4-9)11(19)8-17-14-12(13-15-17)10-2-1-7-20-10/h1-2,7,9,18H,3-6,8H2. The number of rotatable bonds is 6. The van der Waals surface area contributed by atoms with Crippen molar-refractivity contribution >= 4 is 17.2 Å². The minimum atomic E-state index is -0.0725. The van der Waals surface area contributed by atoms with E-state index in [1.165, 1.54) is 16.1 Å². The molecular weight excluding hydrogens is 278 g/mol. The lowest BCUT2D eigenvalue weighted by Gasteiger charge is -2.20. The molecule has 0 aliphatic heterocycles. The Labute approximate surface area is 119 Å². The van der Waals surface area contributed by atoms with Gasteiger partial charge in [-0.1, -0.05) is 6.07 Å². The molecule has 0 bridgehead atoms. The molecule has 0 saturated heterocycles. The fourth-order valence-electron chi connectivity index (χ4n) is 2.03. The second-order valence-corrected chi connectivity index (χ2v) is 5.61. The number of carbonyl (C=O) groups is 1. The first-order valence-corrected chi connectivity index (χ1v) is 7.38. The maximum absolute atomic E-state index is 12.2. The lowest BCUT2D eigenvalue weighted by molar-refractivity contribution is -0.133. The molecule has 0 aromatic carbocycles. The molecule has 0 unspecified atom stereocenters. The first-order valence-electron chi connectivity index (χ1n) is 6.50. The van der Waals surface area contributed by atoms with Gasteiger partial charge in [-0.15, -0.1) is 21.5 Å². The van der Waals surface area contributed by atoms with Gasteiger partial charge in [-0.25, -0.2) is 0 Å². The molecule has 106 valence electrons. The highest BCUT2D eigenvalue weighted by Crippen LogP contribution is 2.26. The van der Waals surface area contributed by atoms with Crippen molar-refractivity contribution in [2.45, 2.75) is 25.4 Å². The highest BCUT2D eigenvalue weighted by Gasteiger charge is 2.32. The van der Waals surface area contributed by atoms with Crippen molar-refractivity contribution in [3.63, 3.8) is 0 Å². The van der Waals surface area contributed by atoms with Gasteiger partial charge in [-0.3, -0.25) is 4.79 Å². The number of tetrazole rings is 1. The third kappa shape index (κ3) is 2.86. The Morgan fingerprint density at radius 1 is 1.55 bits per heavy atom. The molecule has 2 heterocycles. The third-order valence-corrected chi connectivity index (χ3v) is 3.99. The second-order valence-electron chi connectivity index (χ2n) is 4.66. The topological polar surface area (TPSA) is 84.1 Å². The van der Waals surface area contributed by atoms with E-state index in [-0.39, 0.29) is 25.1 Å². The molecular formula is C12H15N5O2S. The van der Waals surface area contributed by atoms with Crippen molar-refractivity contribution in [3.8, 4) is 10.7 Å². The molecule has 1 aliphatic rings. The summed E-state index contributed by atoms with van der Waals surface area (Å²) < 4.78 is 0. The number of amides is 1. The molecule has 1 fully saturated rings.